The Bertz CT molecular complexity index is 1400. The van der Waals surface area contributed by atoms with Crippen molar-refractivity contribution in [2.24, 2.45) is 21.1 Å². The molecule has 0 aliphatic rings. The molecule has 3 nitrogen and oxygen atoms in total. The lowest BCUT2D eigenvalue weighted by Gasteiger charge is -2.00. The highest BCUT2D eigenvalue weighted by Crippen LogP contribution is 2.30. The Morgan fingerprint density at radius 1 is 0.588 bits per heavy atom. The molecule has 0 atom stereocenters. The van der Waals surface area contributed by atoms with Gasteiger partial charge in [-0.05, 0) is 47.5 Å². The molecule has 0 spiro atoms. The van der Waals surface area contributed by atoms with Crippen LogP contribution >= 0.6 is 0 Å². The summed E-state index contributed by atoms with van der Waals surface area (Å²) in [5.74, 6) is 0. The fourth-order valence-electron chi connectivity index (χ4n) is 4.23. The van der Waals surface area contributed by atoms with Crippen LogP contribution < -0.4 is 57.1 Å². The van der Waals surface area contributed by atoms with Crippen LogP contribution in [0.2, 0.25) is 0 Å². The fourth-order valence-corrected chi connectivity index (χ4v) is 4.23. The average molecular weight is 671 g/mol. The number of halogens is 2. The normalized spacial score (nSPS) is 11.3. The van der Waals surface area contributed by atoms with Crippen LogP contribution in [0.4, 0.5) is 0 Å². The van der Waals surface area contributed by atoms with Crippen LogP contribution in [0, 0.1) is 0 Å². The van der Waals surface area contributed by atoms with Crippen molar-refractivity contribution in [1.29, 1.82) is 0 Å². The van der Waals surface area contributed by atoms with Crippen molar-refractivity contribution >= 4 is 46.1 Å². The van der Waals surface area contributed by atoms with Gasteiger partial charge in [0.2, 0.25) is 11.4 Å². The highest BCUT2D eigenvalue weighted by molar-refractivity contribution is 6.09. The zero-order chi connectivity index (χ0) is 22.1. The Labute approximate surface area is 235 Å². The van der Waals surface area contributed by atoms with E-state index in [1.807, 2.05) is 12.1 Å². The lowest BCUT2D eigenvalue weighted by molar-refractivity contribution is -0.673. The van der Waals surface area contributed by atoms with Crippen molar-refractivity contribution in [3.8, 4) is 0 Å². The van der Waals surface area contributed by atoms with E-state index in [0.29, 0.717) is 0 Å². The van der Waals surface area contributed by atoms with Gasteiger partial charge in [0.15, 0.2) is 12.4 Å². The van der Waals surface area contributed by atoms with E-state index in [-0.39, 0.29) is 48.0 Å². The molecule has 0 saturated heterocycles. The predicted molar refractivity (Wildman–Crippen MR) is 134 cm³/mol. The molecule has 0 unspecified atom stereocenters. The quantitative estimate of drug-likeness (QED) is 0.178. The number of rotatable bonds is 4. The Morgan fingerprint density at radius 2 is 1.03 bits per heavy atom. The molecule has 3 aromatic heterocycles. The summed E-state index contributed by atoms with van der Waals surface area (Å²) in [5, 5.41) is 2.57. The van der Waals surface area contributed by atoms with E-state index in [2.05, 4.69) is 132 Å². The minimum atomic E-state index is 0. The summed E-state index contributed by atoms with van der Waals surface area (Å²) in [7, 11) is 6.28. The molecule has 0 aliphatic heterocycles. The second kappa shape index (κ2) is 11.3. The topological polar surface area (TPSA) is 12.7 Å². The van der Waals surface area contributed by atoms with E-state index < -0.39 is 0 Å². The number of aromatic nitrogens is 3. The SMILES string of the molecule is Cn1c2cc(/C=C/c3cccc[n+]3C)ccc2c2ccc(/C=C/c3cccc[n+]3C)cc21.[I-].[I-]. The first-order chi connectivity index (χ1) is 15.6. The summed E-state index contributed by atoms with van der Waals surface area (Å²) in [4.78, 5) is 0. The molecule has 34 heavy (non-hydrogen) atoms. The zero-order valence-corrected chi connectivity index (χ0v) is 23.8. The minimum absolute atomic E-state index is 0. The molecule has 0 N–H and O–H groups in total. The number of aryl methyl sites for hydroxylation is 3. The predicted octanol–water partition coefficient (Wildman–Crippen LogP) is -0.671. The van der Waals surface area contributed by atoms with Crippen LogP contribution in [0.5, 0.6) is 0 Å². The van der Waals surface area contributed by atoms with Gasteiger partial charge < -0.3 is 52.5 Å². The van der Waals surface area contributed by atoms with Crippen molar-refractivity contribution in [3.05, 3.63) is 108 Å². The largest absolute Gasteiger partial charge is 1.00 e. The maximum atomic E-state index is 2.30. The van der Waals surface area contributed by atoms with Gasteiger partial charge in [0.1, 0.15) is 14.1 Å². The van der Waals surface area contributed by atoms with Crippen LogP contribution in [0.15, 0.2) is 85.2 Å². The number of pyridine rings is 2. The molecule has 5 heteroatoms. The van der Waals surface area contributed by atoms with Crippen molar-refractivity contribution in [1.82, 2.24) is 4.57 Å². The van der Waals surface area contributed by atoms with Gasteiger partial charge in [-0.3, -0.25) is 0 Å². The fraction of sp³-hybridized carbons (Fsp3) is 0.103. The molecular formula is C29H27I2N3. The van der Waals surface area contributed by atoms with Gasteiger partial charge in [0.25, 0.3) is 0 Å². The van der Waals surface area contributed by atoms with E-state index >= 15 is 0 Å². The second-order valence-electron chi connectivity index (χ2n) is 8.25. The van der Waals surface area contributed by atoms with E-state index in [1.54, 1.807) is 0 Å². The lowest BCUT2D eigenvalue weighted by atomic mass is 10.1. The van der Waals surface area contributed by atoms with E-state index in [0.717, 1.165) is 0 Å². The summed E-state index contributed by atoms with van der Waals surface area (Å²) >= 11 is 0. The monoisotopic (exact) mass is 671 g/mol. The Hall–Kier alpha value is -2.52. The summed E-state index contributed by atoms with van der Waals surface area (Å²) in [6.45, 7) is 0. The van der Waals surface area contributed by atoms with E-state index in [9.17, 15) is 0 Å². The number of nitrogens with zero attached hydrogens (tertiary/aromatic N) is 3. The lowest BCUT2D eigenvalue weighted by Crippen LogP contribution is -3.00. The van der Waals surface area contributed by atoms with Crippen LogP contribution in [0.1, 0.15) is 22.5 Å². The van der Waals surface area contributed by atoms with E-state index in [1.165, 1.54) is 44.3 Å². The van der Waals surface area contributed by atoms with Crippen LogP contribution in [0.3, 0.4) is 0 Å². The first kappa shape index (κ1) is 26.1. The third-order valence-corrected chi connectivity index (χ3v) is 6.14. The molecule has 0 amide bonds. The molecule has 172 valence electrons. The van der Waals surface area contributed by atoms with Gasteiger partial charge in [0, 0.05) is 65.3 Å². The molecule has 5 rings (SSSR count). The van der Waals surface area contributed by atoms with Gasteiger partial charge in [-0.1, -0.05) is 24.3 Å². The highest BCUT2D eigenvalue weighted by atomic mass is 127. The van der Waals surface area contributed by atoms with Gasteiger partial charge in [0.05, 0.1) is 0 Å². The Kier molecular flexibility index (Phi) is 8.65. The second-order valence-corrected chi connectivity index (χ2v) is 8.25. The maximum Gasteiger partial charge on any atom is 0.204 e. The maximum absolute atomic E-state index is 2.30. The average Bonchev–Trinajstić information content (AvgIpc) is 3.09. The standard InChI is InChI=1S/C29H27N3.2HI/c1-30-18-6-4-8-24(30)14-10-22-12-16-26-27-17-13-23(21-29(27)32(3)28(26)20-22)11-15-25-9-5-7-19-31(25)2;;/h4-21H,1-3H3;2*1H/q+2;;/p-2. The first-order valence-corrected chi connectivity index (χ1v) is 10.9. The molecule has 0 bridgehead atoms. The number of hydrogen-bond donors (Lipinski definition) is 0. The van der Waals surface area contributed by atoms with Gasteiger partial charge in [-0.25, -0.2) is 9.13 Å². The molecule has 3 heterocycles. The van der Waals surface area contributed by atoms with Crippen molar-refractivity contribution in [2.75, 3.05) is 0 Å². The van der Waals surface area contributed by atoms with Gasteiger partial charge in [-0.15, -0.1) is 0 Å². The Morgan fingerprint density at radius 3 is 1.44 bits per heavy atom. The summed E-state index contributed by atoms with van der Waals surface area (Å²) in [6, 6.07) is 25.9. The van der Waals surface area contributed by atoms with Gasteiger partial charge >= 0.3 is 0 Å². The van der Waals surface area contributed by atoms with Crippen molar-refractivity contribution < 1.29 is 57.1 Å². The molecule has 0 saturated carbocycles. The Balaban J connectivity index is 0.00000162. The zero-order valence-electron chi connectivity index (χ0n) is 19.5. The molecule has 2 aromatic carbocycles. The number of hydrogen-bond acceptors (Lipinski definition) is 0. The molecular weight excluding hydrogens is 644 g/mol. The van der Waals surface area contributed by atoms with Crippen LogP contribution in [0.25, 0.3) is 46.1 Å². The van der Waals surface area contributed by atoms with Crippen molar-refractivity contribution in [2.45, 2.75) is 0 Å². The summed E-state index contributed by atoms with van der Waals surface area (Å²) in [5.41, 5.74) is 7.24. The number of benzene rings is 2. The van der Waals surface area contributed by atoms with Crippen LogP contribution in [-0.2, 0) is 21.1 Å². The third kappa shape index (κ3) is 5.25. The first-order valence-electron chi connectivity index (χ1n) is 10.9. The molecule has 0 aliphatic carbocycles. The smallest absolute Gasteiger partial charge is 0.204 e. The summed E-state index contributed by atoms with van der Waals surface area (Å²) < 4.78 is 6.54. The van der Waals surface area contributed by atoms with Gasteiger partial charge in [-0.2, -0.15) is 0 Å². The van der Waals surface area contributed by atoms with Crippen molar-refractivity contribution in [3.63, 3.8) is 0 Å². The van der Waals surface area contributed by atoms with Crippen LogP contribution in [-0.4, -0.2) is 4.57 Å². The van der Waals surface area contributed by atoms with E-state index in [4.69, 9.17) is 0 Å². The minimum Gasteiger partial charge on any atom is -1.00 e. The molecule has 5 aromatic rings. The molecule has 0 radical (unpaired) electrons. The highest BCUT2D eigenvalue weighted by Gasteiger charge is 2.09. The third-order valence-electron chi connectivity index (χ3n) is 6.14. The summed E-state index contributed by atoms with van der Waals surface area (Å²) in [6.07, 6.45) is 12.8. The molecule has 0 fully saturated rings. The number of fused-ring (bicyclic) bond motifs is 3.